The monoisotopic (exact) mass is 354 g/mol. The lowest BCUT2D eigenvalue weighted by atomic mass is 10.1. The van der Waals surface area contributed by atoms with Crippen molar-refractivity contribution in [2.24, 2.45) is 0 Å². The molecule has 0 aliphatic carbocycles. The lowest BCUT2D eigenvalue weighted by Gasteiger charge is -2.14. The van der Waals surface area contributed by atoms with Gasteiger partial charge in [0.15, 0.2) is 0 Å². The Labute approximate surface area is 155 Å². The van der Waals surface area contributed by atoms with Gasteiger partial charge in [-0.05, 0) is 42.8 Å². The van der Waals surface area contributed by atoms with Crippen molar-refractivity contribution in [3.8, 4) is 5.75 Å². The minimum absolute atomic E-state index is 0.156. The lowest BCUT2D eigenvalue weighted by molar-refractivity contribution is 0.0828. The Morgan fingerprint density at radius 3 is 2.35 bits per heavy atom. The summed E-state index contributed by atoms with van der Waals surface area (Å²) in [5.74, 6) is 0.333. The third-order valence-corrected chi connectivity index (χ3v) is 3.94. The van der Waals surface area contributed by atoms with Gasteiger partial charge in [-0.3, -0.25) is 9.59 Å². The average Bonchev–Trinajstić information content (AvgIpc) is 2.65. The molecule has 2 aromatic carbocycles. The summed E-state index contributed by atoms with van der Waals surface area (Å²) < 4.78 is 5.66. The van der Waals surface area contributed by atoms with Crippen LogP contribution in [0.1, 0.15) is 46.9 Å². The fourth-order valence-electron chi connectivity index (χ4n) is 2.46. The number of nitrogens with one attached hydrogen (secondary N) is 1. The van der Waals surface area contributed by atoms with Crippen molar-refractivity contribution in [1.82, 2.24) is 4.90 Å². The van der Waals surface area contributed by atoms with Crippen LogP contribution in [-0.4, -0.2) is 37.4 Å². The molecule has 0 radical (unpaired) electrons. The molecule has 0 aromatic heterocycles. The molecule has 0 fully saturated rings. The number of anilines is 1. The molecule has 26 heavy (non-hydrogen) atoms. The number of ether oxygens (including phenoxy) is 1. The molecule has 0 aliphatic heterocycles. The molecule has 2 amide bonds. The molecule has 138 valence electrons. The van der Waals surface area contributed by atoms with E-state index in [0.717, 1.165) is 25.0 Å². The largest absolute Gasteiger partial charge is 0.494 e. The number of benzene rings is 2. The second-order valence-electron chi connectivity index (χ2n) is 6.28. The SMILES string of the molecule is CCCCCOc1ccc(C(=O)Nc2ccccc2C(=O)N(C)C)cc1. The molecule has 5 heteroatoms. The number of para-hydroxylation sites is 1. The highest BCUT2D eigenvalue weighted by atomic mass is 16.5. The summed E-state index contributed by atoms with van der Waals surface area (Å²) in [6.45, 7) is 2.83. The predicted octanol–water partition coefficient (Wildman–Crippen LogP) is 4.21. The van der Waals surface area contributed by atoms with Crippen LogP contribution in [0, 0.1) is 0 Å². The molecule has 0 spiro atoms. The molecular weight excluding hydrogens is 328 g/mol. The van der Waals surface area contributed by atoms with Crippen molar-refractivity contribution in [3.63, 3.8) is 0 Å². The molecule has 1 N–H and O–H groups in total. The van der Waals surface area contributed by atoms with Crippen LogP contribution in [0.25, 0.3) is 0 Å². The van der Waals surface area contributed by atoms with Crippen molar-refractivity contribution < 1.29 is 14.3 Å². The highest BCUT2D eigenvalue weighted by molar-refractivity contribution is 6.08. The molecule has 0 atom stereocenters. The molecule has 0 heterocycles. The molecule has 2 rings (SSSR count). The van der Waals surface area contributed by atoms with Gasteiger partial charge in [-0.15, -0.1) is 0 Å². The Hall–Kier alpha value is -2.82. The smallest absolute Gasteiger partial charge is 0.255 e. The highest BCUT2D eigenvalue weighted by Gasteiger charge is 2.15. The summed E-state index contributed by atoms with van der Waals surface area (Å²) in [6.07, 6.45) is 3.32. The van der Waals surface area contributed by atoms with Crippen LogP contribution in [0.3, 0.4) is 0 Å². The van der Waals surface area contributed by atoms with Gasteiger partial charge in [-0.25, -0.2) is 0 Å². The second kappa shape index (κ2) is 9.61. The van der Waals surface area contributed by atoms with E-state index in [4.69, 9.17) is 4.74 Å². The first-order valence-electron chi connectivity index (χ1n) is 8.87. The molecule has 5 nitrogen and oxygen atoms in total. The third kappa shape index (κ3) is 5.34. The van der Waals surface area contributed by atoms with Gasteiger partial charge in [-0.2, -0.15) is 0 Å². The van der Waals surface area contributed by atoms with E-state index in [-0.39, 0.29) is 11.8 Å². The van der Waals surface area contributed by atoms with E-state index in [9.17, 15) is 9.59 Å². The minimum atomic E-state index is -0.262. The van der Waals surface area contributed by atoms with Crippen LogP contribution in [0.5, 0.6) is 5.75 Å². The molecule has 0 unspecified atom stereocenters. The van der Waals surface area contributed by atoms with Crippen LogP contribution >= 0.6 is 0 Å². The van der Waals surface area contributed by atoms with Gasteiger partial charge in [0, 0.05) is 19.7 Å². The molecule has 2 aromatic rings. The molecular formula is C21H26N2O3. The van der Waals surface area contributed by atoms with Gasteiger partial charge >= 0.3 is 0 Å². The topological polar surface area (TPSA) is 58.6 Å². The third-order valence-electron chi connectivity index (χ3n) is 3.94. The van der Waals surface area contributed by atoms with E-state index in [2.05, 4.69) is 12.2 Å². The Bertz CT molecular complexity index is 739. The van der Waals surface area contributed by atoms with Crippen molar-refractivity contribution in [2.45, 2.75) is 26.2 Å². The van der Waals surface area contributed by atoms with E-state index in [1.165, 1.54) is 4.90 Å². The summed E-state index contributed by atoms with van der Waals surface area (Å²) in [4.78, 5) is 26.2. The number of carbonyl (C=O) groups is 2. The van der Waals surface area contributed by atoms with Crippen LogP contribution in [0.4, 0.5) is 5.69 Å². The summed E-state index contributed by atoms with van der Waals surface area (Å²) in [5, 5.41) is 2.81. The zero-order valence-electron chi connectivity index (χ0n) is 15.6. The number of rotatable bonds is 8. The minimum Gasteiger partial charge on any atom is -0.494 e. The Morgan fingerprint density at radius 1 is 1.00 bits per heavy atom. The fraction of sp³-hybridized carbons (Fsp3) is 0.333. The van der Waals surface area contributed by atoms with E-state index in [1.54, 1.807) is 62.6 Å². The molecule has 0 saturated carbocycles. The van der Waals surface area contributed by atoms with Crippen molar-refractivity contribution in [3.05, 3.63) is 59.7 Å². The highest BCUT2D eigenvalue weighted by Crippen LogP contribution is 2.19. The maximum Gasteiger partial charge on any atom is 0.255 e. The number of hydrogen-bond acceptors (Lipinski definition) is 3. The predicted molar refractivity (Wildman–Crippen MR) is 104 cm³/mol. The lowest BCUT2D eigenvalue weighted by Crippen LogP contribution is -2.24. The first-order valence-corrected chi connectivity index (χ1v) is 8.87. The van der Waals surface area contributed by atoms with Crippen molar-refractivity contribution >= 4 is 17.5 Å². The number of hydrogen-bond donors (Lipinski definition) is 1. The zero-order chi connectivity index (χ0) is 18.9. The van der Waals surface area contributed by atoms with Crippen molar-refractivity contribution in [1.29, 1.82) is 0 Å². The maximum absolute atomic E-state index is 12.5. The molecule has 0 bridgehead atoms. The number of unbranched alkanes of at least 4 members (excludes halogenated alkanes) is 2. The number of carbonyl (C=O) groups excluding carboxylic acids is 2. The Kier molecular flexibility index (Phi) is 7.21. The number of nitrogens with zero attached hydrogens (tertiary/aromatic N) is 1. The van der Waals surface area contributed by atoms with Crippen LogP contribution in [-0.2, 0) is 0 Å². The van der Waals surface area contributed by atoms with Gasteiger partial charge < -0.3 is 15.0 Å². The normalized spacial score (nSPS) is 10.3. The summed E-state index contributed by atoms with van der Waals surface area (Å²) in [7, 11) is 3.36. The van der Waals surface area contributed by atoms with Gasteiger partial charge in [0.1, 0.15) is 5.75 Å². The van der Waals surface area contributed by atoms with Crippen molar-refractivity contribution in [2.75, 3.05) is 26.0 Å². The van der Waals surface area contributed by atoms with Crippen LogP contribution in [0.2, 0.25) is 0 Å². The standard InChI is InChI=1S/C21H26N2O3/c1-4-5-8-15-26-17-13-11-16(12-14-17)20(24)22-19-10-7-6-9-18(19)21(25)23(2)3/h6-7,9-14H,4-5,8,15H2,1-3H3,(H,22,24). The van der Waals surface area contributed by atoms with Gasteiger partial charge in [0.2, 0.25) is 0 Å². The second-order valence-corrected chi connectivity index (χ2v) is 6.28. The van der Waals surface area contributed by atoms with Crippen LogP contribution in [0.15, 0.2) is 48.5 Å². The van der Waals surface area contributed by atoms with Gasteiger partial charge in [0.25, 0.3) is 11.8 Å². The van der Waals surface area contributed by atoms with E-state index in [0.29, 0.717) is 23.4 Å². The van der Waals surface area contributed by atoms with E-state index in [1.807, 2.05) is 0 Å². The first-order chi connectivity index (χ1) is 12.5. The Balaban J connectivity index is 2.03. The summed E-state index contributed by atoms with van der Waals surface area (Å²) >= 11 is 0. The van der Waals surface area contributed by atoms with Gasteiger partial charge in [0.05, 0.1) is 17.9 Å². The summed E-state index contributed by atoms with van der Waals surface area (Å²) in [6, 6.07) is 14.0. The molecule has 0 saturated heterocycles. The zero-order valence-corrected chi connectivity index (χ0v) is 15.6. The summed E-state index contributed by atoms with van der Waals surface area (Å²) in [5.41, 5.74) is 1.47. The quantitative estimate of drug-likeness (QED) is 0.723. The maximum atomic E-state index is 12.5. The fourth-order valence-corrected chi connectivity index (χ4v) is 2.46. The van der Waals surface area contributed by atoms with E-state index < -0.39 is 0 Å². The van der Waals surface area contributed by atoms with E-state index >= 15 is 0 Å². The first kappa shape index (κ1) is 19.5. The number of amides is 2. The molecule has 0 aliphatic rings. The average molecular weight is 354 g/mol. The van der Waals surface area contributed by atoms with Gasteiger partial charge in [-0.1, -0.05) is 31.9 Å². The Morgan fingerprint density at radius 2 is 1.69 bits per heavy atom. The van der Waals surface area contributed by atoms with Crippen LogP contribution < -0.4 is 10.1 Å².